The van der Waals surface area contributed by atoms with Gasteiger partial charge in [-0.2, -0.15) is 0 Å². The zero-order valence-electron chi connectivity index (χ0n) is 17.5. The van der Waals surface area contributed by atoms with E-state index >= 15 is 0 Å². The number of hydrogen-bond acceptors (Lipinski definition) is 5. The largest absolute Gasteiger partial charge is 0.466 e. The molecule has 0 unspecified atom stereocenters. The predicted octanol–water partition coefficient (Wildman–Crippen LogP) is 4.93. The van der Waals surface area contributed by atoms with Crippen LogP contribution in [0.25, 0.3) is 0 Å². The van der Waals surface area contributed by atoms with Gasteiger partial charge < -0.3 is 4.74 Å². The molecule has 4 nitrogen and oxygen atoms in total. The quantitative estimate of drug-likeness (QED) is 0.385. The summed E-state index contributed by atoms with van der Waals surface area (Å²) >= 11 is 1.93. The molecule has 152 valence electrons. The minimum atomic E-state index is -0.134. The number of fused-ring (bicyclic) bond motifs is 1. The number of esters is 1. The van der Waals surface area contributed by atoms with Gasteiger partial charge in [0, 0.05) is 23.1 Å². The van der Waals surface area contributed by atoms with Gasteiger partial charge in [-0.15, -0.1) is 11.8 Å². The Balaban J connectivity index is 1.63. The highest BCUT2D eigenvalue weighted by molar-refractivity contribution is 7.99. The van der Waals surface area contributed by atoms with E-state index < -0.39 is 0 Å². The Bertz CT molecular complexity index is 928. The SMILES string of the molecule is CCOC(=O)CCCCc1cncc(C#Cc2ccc3c(c2)C(C)(C)CCS3)n1. The van der Waals surface area contributed by atoms with Crippen molar-refractivity contribution in [1.29, 1.82) is 0 Å². The van der Waals surface area contributed by atoms with E-state index in [2.05, 4.69) is 53.9 Å². The average Bonchev–Trinajstić information content (AvgIpc) is 2.70. The fourth-order valence-corrected chi connectivity index (χ4v) is 4.83. The van der Waals surface area contributed by atoms with Crippen molar-refractivity contribution < 1.29 is 9.53 Å². The maximum Gasteiger partial charge on any atom is 0.305 e. The summed E-state index contributed by atoms with van der Waals surface area (Å²) in [6.07, 6.45) is 7.56. The van der Waals surface area contributed by atoms with Crippen molar-refractivity contribution in [3.63, 3.8) is 0 Å². The van der Waals surface area contributed by atoms with Crippen LogP contribution in [0.2, 0.25) is 0 Å². The molecule has 0 saturated heterocycles. The lowest BCUT2D eigenvalue weighted by molar-refractivity contribution is -0.143. The Morgan fingerprint density at radius 1 is 1.24 bits per heavy atom. The summed E-state index contributed by atoms with van der Waals surface area (Å²) in [6.45, 7) is 6.87. The van der Waals surface area contributed by atoms with E-state index in [9.17, 15) is 4.79 Å². The Labute approximate surface area is 177 Å². The highest BCUT2D eigenvalue weighted by Gasteiger charge is 2.27. The summed E-state index contributed by atoms with van der Waals surface area (Å²) in [5, 5.41) is 0. The first kappa shape index (κ1) is 21.4. The number of benzene rings is 1. The van der Waals surface area contributed by atoms with E-state index in [1.54, 1.807) is 12.4 Å². The van der Waals surface area contributed by atoms with Crippen molar-refractivity contribution in [3.05, 3.63) is 53.1 Å². The van der Waals surface area contributed by atoms with Gasteiger partial charge in [0.15, 0.2) is 0 Å². The van der Waals surface area contributed by atoms with Crippen molar-refractivity contribution in [2.75, 3.05) is 12.4 Å². The van der Waals surface area contributed by atoms with Gasteiger partial charge in [0.1, 0.15) is 5.69 Å². The molecule has 0 radical (unpaired) electrons. The summed E-state index contributed by atoms with van der Waals surface area (Å²) in [5.41, 5.74) is 4.19. The summed E-state index contributed by atoms with van der Waals surface area (Å²) < 4.78 is 4.95. The molecule has 2 aromatic rings. The van der Waals surface area contributed by atoms with Crippen LogP contribution >= 0.6 is 11.8 Å². The fraction of sp³-hybridized carbons (Fsp3) is 0.458. The fourth-order valence-electron chi connectivity index (χ4n) is 3.35. The van der Waals surface area contributed by atoms with Crippen LogP contribution in [0, 0.1) is 11.8 Å². The van der Waals surface area contributed by atoms with Crippen molar-refractivity contribution in [2.24, 2.45) is 0 Å². The highest BCUT2D eigenvalue weighted by Crippen LogP contribution is 2.41. The second-order valence-electron chi connectivity index (χ2n) is 7.85. The lowest BCUT2D eigenvalue weighted by atomic mass is 9.81. The number of thioether (sulfide) groups is 1. The zero-order chi connectivity index (χ0) is 20.7. The van der Waals surface area contributed by atoms with Crippen molar-refractivity contribution in [2.45, 2.75) is 63.2 Å². The van der Waals surface area contributed by atoms with E-state index in [0.717, 1.165) is 30.5 Å². The van der Waals surface area contributed by atoms with Crippen LogP contribution in [0.4, 0.5) is 0 Å². The van der Waals surface area contributed by atoms with Gasteiger partial charge in [0.25, 0.3) is 0 Å². The van der Waals surface area contributed by atoms with Crippen LogP contribution in [0.3, 0.4) is 0 Å². The first-order chi connectivity index (χ1) is 14.0. The van der Waals surface area contributed by atoms with Crippen molar-refractivity contribution >= 4 is 17.7 Å². The Morgan fingerprint density at radius 2 is 2.10 bits per heavy atom. The summed E-state index contributed by atoms with van der Waals surface area (Å²) in [7, 11) is 0. The zero-order valence-corrected chi connectivity index (χ0v) is 18.3. The molecule has 5 heteroatoms. The van der Waals surface area contributed by atoms with Gasteiger partial charge in [0.2, 0.25) is 0 Å². The van der Waals surface area contributed by atoms with Crippen LogP contribution < -0.4 is 0 Å². The molecular formula is C24H28N2O2S. The maximum absolute atomic E-state index is 11.4. The second-order valence-corrected chi connectivity index (χ2v) is 8.99. The molecular weight excluding hydrogens is 380 g/mol. The number of nitrogens with zero attached hydrogens (tertiary/aromatic N) is 2. The molecule has 0 fully saturated rings. The number of rotatable bonds is 6. The van der Waals surface area contributed by atoms with Crippen LogP contribution in [-0.2, 0) is 21.4 Å². The minimum Gasteiger partial charge on any atom is -0.466 e. The lowest BCUT2D eigenvalue weighted by Gasteiger charge is -2.32. The number of ether oxygens (including phenoxy) is 1. The molecule has 2 heterocycles. The monoisotopic (exact) mass is 408 g/mol. The van der Waals surface area contributed by atoms with E-state index in [0.29, 0.717) is 18.7 Å². The van der Waals surface area contributed by atoms with E-state index in [-0.39, 0.29) is 11.4 Å². The van der Waals surface area contributed by atoms with Crippen LogP contribution in [0.5, 0.6) is 0 Å². The average molecular weight is 409 g/mol. The molecule has 1 aromatic heterocycles. The van der Waals surface area contributed by atoms with Gasteiger partial charge in [-0.05, 0) is 73.5 Å². The van der Waals surface area contributed by atoms with Crippen LogP contribution in [0.15, 0.2) is 35.5 Å². The molecule has 0 atom stereocenters. The standard InChI is InChI=1S/C24H28N2O2S/c1-4-28-23(27)8-6-5-7-19-16-25-17-20(26-19)11-9-18-10-12-22-21(15-18)24(2,3)13-14-29-22/h10,12,15-17H,4-8,13-14H2,1-3H3. The van der Waals surface area contributed by atoms with Gasteiger partial charge in [0.05, 0.1) is 18.5 Å². The number of aromatic nitrogens is 2. The molecule has 0 saturated carbocycles. The highest BCUT2D eigenvalue weighted by atomic mass is 32.2. The van der Waals surface area contributed by atoms with Crippen LogP contribution in [-0.4, -0.2) is 28.3 Å². The van der Waals surface area contributed by atoms with Gasteiger partial charge in [-0.1, -0.05) is 19.8 Å². The molecule has 1 aliphatic rings. The minimum absolute atomic E-state index is 0.134. The molecule has 0 bridgehead atoms. The predicted molar refractivity (Wildman–Crippen MR) is 117 cm³/mol. The normalized spacial score (nSPS) is 14.4. The third-order valence-corrected chi connectivity index (χ3v) is 6.16. The molecule has 1 aliphatic heterocycles. The third-order valence-electron chi connectivity index (χ3n) is 5.08. The van der Waals surface area contributed by atoms with Crippen LogP contribution in [0.1, 0.15) is 69.0 Å². The Kier molecular flexibility index (Phi) is 7.33. The lowest BCUT2D eigenvalue weighted by Crippen LogP contribution is -2.22. The molecule has 3 rings (SSSR count). The molecule has 0 amide bonds. The van der Waals surface area contributed by atoms with E-state index in [1.807, 2.05) is 18.7 Å². The number of unbranched alkanes of at least 4 members (excludes halogenated alkanes) is 1. The smallest absolute Gasteiger partial charge is 0.305 e. The summed E-state index contributed by atoms with van der Waals surface area (Å²) in [6, 6.07) is 6.50. The first-order valence-corrected chi connectivity index (χ1v) is 11.2. The van der Waals surface area contributed by atoms with Gasteiger partial charge in [-0.3, -0.25) is 9.78 Å². The van der Waals surface area contributed by atoms with E-state index in [4.69, 9.17) is 4.74 Å². The van der Waals surface area contributed by atoms with E-state index in [1.165, 1.54) is 22.6 Å². The summed E-state index contributed by atoms with van der Waals surface area (Å²) in [5.74, 6) is 7.45. The number of aryl methyl sites for hydroxylation is 1. The van der Waals surface area contributed by atoms with Gasteiger partial charge in [-0.25, -0.2) is 4.98 Å². The molecule has 0 aliphatic carbocycles. The topological polar surface area (TPSA) is 52.1 Å². The number of carbonyl (C=O) groups is 1. The third kappa shape index (κ3) is 6.08. The van der Waals surface area contributed by atoms with Crippen molar-refractivity contribution in [1.82, 2.24) is 9.97 Å². The molecule has 1 aromatic carbocycles. The molecule has 29 heavy (non-hydrogen) atoms. The molecule has 0 N–H and O–H groups in total. The summed E-state index contributed by atoms with van der Waals surface area (Å²) in [4.78, 5) is 21.6. The second kappa shape index (κ2) is 9.93. The number of carbonyl (C=O) groups excluding carboxylic acids is 1. The Morgan fingerprint density at radius 3 is 2.93 bits per heavy atom. The maximum atomic E-state index is 11.4. The van der Waals surface area contributed by atoms with Gasteiger partial charge >= 0.3 is 5.97 Å². The first-order valence-electron chi connectivity index (χ1n) is 10.2. The Hall–Kier alpha value is -2.32. The number of hydrogen-bond donors (Lipinski definition) is 0. The molecule has 0 spiro atoms. The van der Waals surface area contributed by atoms with Crippen molar-refractivity contribution in [3.8, 4) is 11.8 Å².